The molecule has 2 rings (SSSR count). The highest BCUT2D eigenvalue weighted by molar-refractivity contribution is 5.81. The molecule has 0 aliphatic carbocycles. The number of carbonyl (C=O) groups is 3. The van der Waals surface area contributed by atoms with Gasteiger partial charge in [0.05, 0.1) is 13.1 Å². The zero-order valence-corrected chi connectivity index (χ0v) is 25.5. The van der Waals surface area contributed by atoms with Gasteiger partial charge in [-0.05, 0) is 86.2 Å². The molecule has 2 unspecified atom stereocenters. The molecule has 252 valence electrons. The van der Waals surface area contributed by atoms with Crippen LogP contribution in [0.25, 0.3) is 0 Å². The SMILES string of the molecule is C[C@H](N)C(=O)OC1CCCN(CC(F)(F)F)CC1.C[C@H](NC(=O)OC(C)(C)C)C(=O)OC1CCCN(CC(F)(F)F)CC1. The predicted molar refractivity (Wildman–Crippen MR) is 145 cm³/mol. The van der Waals surface area contributed by atoms with Gasteiger partial charge < -0.3 is 25.3 Å². The van der Waals surface area contributed by atoms with E-state index in [1.54, 1.807) is 20.8 Å². The number of likely N-dealkylation sites (tertiary alicyclic amines) is 2. The van der Waals surface area contributed by atoms with Crippen LogP contribution >= 0.6 is 0 Å². The maximum absolute atomic E-state index is 12.4. The fraction of sp³-hybridized carbons (Fsp3) is 0.889. The summed E-state index contributed by atoms with van der Waals surface area (Å²) >= 11 is 0. The smallest absolute Gasteiger partial charge is 0.408 e. The third kappa shape index (κ3) is 18.8. The molecule has 0 spiro atoms. The molecule has 2 fully saturated rings. The van der Waals surface area contributed by atoms with Crippen molar-refractivity contribution >= 4 is 18.0 Å². The number of hydrogen-bond donors (Lipinski definition) is 2. The Balaban J connectivity index is 0.000000453. The first kappa shape index (κ1) is 38.7. The summed E-state index contributed by atoms with van der Waals surface area (Å²) < 4.78 is 89.6. The number of hydrogen-bond acceptors (Lipinski definition) is 9. The normalized spacial score (nSPS) is 22.5. The number of nitrogens with two attached hydrogens (primary N) is 1. The Kier molecular flexibility index (Phi) is 15.5. The molecular weight excluding hydrogens is 590 g/mol. The van der Waals surface area contributed by atoms with Gasteiger partial charge in [-0.2, -0.15) is 26.3 Å². The first-order chi connectivity index (χ1) is 19.6. The van der Waals surface area contributed by atoms with E-state index < -0.39 is 67.3 Å². The summed E-state index contributed by atoms with van der Waals surface area (Å²) in [4.78, 5) is 37.6. The molecule has 1 amide bonds. The van der Waals surface area contributed by atoms with Crippen LogP contribution in [0.15, 0.2) is 0 Å². The van der Waals surface area contributed by atoms with Crippen LogP contribution in [-0.2, 0) is 23.8 Å². The van der Waals surface area contributed by atoms with Crippen molar-refractivity contribution in [2.45, 2.75) is 115 Å². The number of amides is 1. The van der Waals surface area contributed by atoms with Crippen LogP contribution in [0.3, 0.4) is 0 Å². The number of nitrogens with one attached hydrogen (secondary N) is 1. The van der Waals surface area contributed by atoms with Crippen LogP contribution in [0.2, 0.25) is 0 Å². The van der Waals surface area contributed by atoms with E-state index in [1.807, 2.05) is 0 Å². The largest absolute Gasteiger partial charge is 0.461 e. The van der Waals surface area contributed by atoms with Crippen LogP contribution in [0.5, 0.6) is 0 Å². The van der Waals surface area contributed by atoms with Gasteiger partial charge in [0.15, 0.2) is 0 Å². The topological polar surface area (TPSA) is 123 Å². The summed E-state index contributed by atoms with van der Waals surface area (Å²) in [6.07, 6.45) is -6.95. The first-order valence-electron chi connectivity index (χ1n) is 14.4. The van der Waals surface area contributed by atoms with Crippen molar-refractivity contribution in [3.8, 4) is 0 Å². The molecule has 0 aromatic carbocycles. The number of alkyl halides is 6. The second kappa shape index (κ2) is 17.2. The Bertz CT molecular complexity index is 881. The molecule has 16 heteroatoms. The number of ether oxygens (including phenoxy) is 3. The standard InChI is InChI=1S/C16H27F3N2O4.C11H19F3N2O2/c1-11(20-14(23)25-15(2,3)4)13(22)24-12-6-5-8-21(9-7-12)10-16(17,18)19;1-8(15)10(17)18-9-3-2-5-16(6-4-9)7-11(12,13)14/h11-12H,5-10H2,1-4H3,(H,20,23);8-9H,2-7,15H2,1H3/t11-,12?;8-,9?/m00/s1. The van der Waals surface area contributed by atoms with Crippen molar-refractivity contribution in [1.29, 1.82) is 0 Å². The van der Waals surface area contributed by atoms with Crippen LogP contribution in [0.4, 0.5) is 31.1 Å². The Morgan fingerprint density at radius 2 is 1.19 bits per heavy atom. The highest BCUT2D eigenvalue weighted by Gasteiger charge is 2.33. The van der Waals surface area contributed by atoms with E-state index in [0.29, 0.717) is 51.6 Å². The lowest BCUT2D eigenvalue weighted by molar-refractivity contribution is -0.153. The van der Waals surface area contributed by atoms with Crippen molar-refractivity contribution in [3.63, 3.8) is 0 Å². The molecule has 2 heterocycles. The lowest BCUT2D eigenvalue weighted by Crippen LogP contribution is -2.43. The molecule has 0 aromatic rings. The maximum Gasteiger partial charge on any atom is 0.408 e. The minimum absolute atomic E-state index is 0.214. The molecular formula is C27H46F6N4O6. The number of esters is 2. The minimum atomic E-state index is -4.23. The summed E-state index contributed by atoms with van der Waals surface area (Å²) in [6, 6.07) is -1.59. The van der Waals surface area contributed by atoms with E-state index in [-0.39, 0.29) is 19.2 Å². The van der Waals surface area contributed by atoms with Gasteiger partial charge >= 0.3 is 30.4 Å². The fourth-order valence-electron chi connectivity index (χ4n) is 4.39. The second-order valence-electron chi connectivity index (χ2n) is 11.9. The Morgan fingerprint density at radius 1 is 0.767 bits per heavy atom. The van der Waals surface area contributed by atoms with E-state index in [4.69, 9.17) is 19.9 Å². The van der Waals surface area contributed by atoms with Gasteiger partial charge in [-0.1, -0.05) is 0 Å². The Hall–Kier alpha value is -2.33. The lowest BCUT2D eigenvalue weighted by atomic mass is 10.1. The van der Waals surface area contributed by atoms with E-state index >= 15 is 0 Å². The molecule has 3 N–H and O–H groups in total. The zero-order valence-electron chi connectivity index (χ0n) is 25.5. The van der Waals surface area contributed by atoms with Gasteiger partial charge in [0.2, 0.25) is 0 Å². The van der Waals surface area contributed by atoms with E-state index in [1.165, 1.54) is 23.6 Å². The monoisotopic (exact) mass is 636 g/mol. The molecule has 2 aliphatic rings. The van der Waals surface area contributed by atoms with E-state index in [2.05, 4.69) is 5.32 Å². The molecule has 0 radical (unpaired) electrons. The van der Waals surface area contributed by atoms with Gasteiger partial charge in [-0.15, -0.1) is 0 Å². The van der Waals surface area contributed by atoms with Crippen molar-refractivity contribution < 1.29 is 54.9 Å². The summed E-state index contributed by atoms with van der Waals surface area (Å²) in [5.41, 5.74) is 4.69. The van der Waals surface area contributed by atoms with Crippen LogP contribution in [-0.4, -0.2) is 109 Å². The highest BCUT2D eigenvalue weighted by atomic mass is 19.4. The van der Waals surface area contributed by atoms with Crippen molar-refractivity contribution in [1.82, 2.24) is 15.1 Å². The Labute approximate surface area is 248 Å². The highest BCUT2D eigenvalue weighted by Crippen LogP contribution is 2.22. The minimum Gasteiger partial charge on any atom is -0.461 e. The van der Waals surface area contributed by atoms with E-state index in [0.717, 1.165) is 0 Å². The molecule has 4 atom stereocenters. The summed E-state index contributed by atoms with van der Waals surface area (Å²) in [5, 5.41) is 2.39. The summed E-state index contributed by atoms with van der Waals surface area (Å²) in [5.74, 6) is -1.12. The lowest BCUT2D eigenvalue weighted by Gasteiger charge is -2.23. The van der Waals surface area contributed by atoms with Crippen LogP contribution in [0, 0.1) is 0 Å². The molecule has 0 bridgehead atoms. The van der Waals surface area contributed by atoms with Crippen LogP contribution in [0.1, 0.15) is 73.1 Å². The predicted octanol–water partition coefficient (Wildman–Crippen LogP) is 4.15. The summed E-state index contributed by atoms with van der Waals surface area (Å²) in [6.45, 7) is 7.45. The second-order valence-corrected chi connectivity index (χ2v) is 11.9. The van der Waals surface area contributed by atoms with Gasteiger partial charge in [0.25, 0.3) is 0 Å². The molecule has 0 aromatic heterocycles. The van der Waals surface area contributed by atoms with Gasteiger partial charge in [0, 0.05) is 13.1 Å². The number of alkyl carbamates (subject to hydrolysis) is 1. The number of rotatable bonds is 7. The number of halogens is 6. The third-order valence-corrected chi connectivity index (χ3v) is 6.37. The molecule has 2 saturated heterocycles. The van der Waals surface area contributed by atoms with Crippen LogP contribution < -0.4 is 11.1 Å². The average Bonchev–Trinajstić information content (AvgIpc) is 3.16. The van der Waals surface area contributed by atoms with Crippen molar-refractivity contribution in [2.24, 2.45) is 5.73 Å². The fourth-order valence-corrected chi connectivity index (χ4v) is 4.39. The van der Waals surface area contributed by atoms with Gasteiger partial charge in [0.1, 0.15) is 29.9 Å². The van der Waals surface area contributed by atoms with Crippen molar-refractivity contribution in [3.05, 3.63) is 0 Å². The van der Waals surface area contributed by atoms with E-state index in [9.17, 15) is 40.7 Å². The summed E-state index contributed by atoms with van der Waals surface area (Å²) in [7, 11) is 0. The first-order valence-corrected chi connectivity index (χ1v) is 14.4. The third-order valence-electron chi connectivity index (χ3n) is 6.37. The molecule has 10 nitrogen and oxygen atoms in total. The van der Waals surface area contributed by atoms with Gasteiger partial charge in [-0.3, -0.25) is 14.6 Å². The quantitative estimate of drug-likeness (QED) is 0.241. The number of nitrogens with zero attached hydrogens (tertiary/aromatic N) is 2. The average molecular weight is 637 g/mol. The molecule has 2 aliphatic heterocycles. The van der Waals surface area contributed by atoms with Gasteiger partial charge in [-0.25, -0.2) is 9.59 Å². The van der Waals surface area contributed by atoms with Crippen molar-refractivity contribution in [2.75, 3.05) is 39.3 Å². The molecule has 0 saturated carbocycles. The maximum atomic E-state index is 12.4. The zero-order chi connectivity index (χ0) is 33.0. The number of carbonyl (C=O) groups excluding carboxylic acids is 3. The molecule has 43 heavy (non-hydrogen) atoms. The Morgan fingerprint density at radius 3 is 1.56 bits per heavy atom.